The van der Waals surface area contributed by atoms with Crippen molar-refractivity contribution in [2.45, 2.75) is 76.8 Å². The average molecular weight is 485 g/mol. The van der Waals surface area contributed by atoms with Gasteiger partial charge in [0.25, 0.3) is 15.9 Å². The van der Waals surface area contributed by atoms with Crippen LogP contribution in [0.15, 0.2) is 53.4 Å². The lowest BCUT2D eigenvalue weighted by atomic mass is 9.91. The zero-order chi connectivity index (χ0) is 24.9. The van der Waals surface area contributed by atoms with Gasteiger partial charge in [-0.3, -0.25) is 19.8 Å². The number of hydrogen-bond donors (Lipinski definition) is 3. The lowest BCUT2D eigenvalue weighted by Gasteiger charge is -2.24. The van der Waals surface area contributed by atoms with E-state index in [1.807, 2.05) is 32.9 Å². The molecule has 0 spiro atoms. The number of rotatable bonds is 11. The highest BCUT2D eigenvalue weighted by atomic mass is 32.2. The maximum Gasteiger partial charge on any atom is 0.261 e. The number of benzene rings is 2. The number of guanidine groups is 1. The second-order valence-corrected chi connectivity index (χ2v) is 11.3. The molecule has 1 aliphatic rings. The van der Waals surface area contributed by atoms with E-state index in [0.717, 1.165) is 31.2 Å². The van der Waals surface area contributed by atoms with Crippen LogP contribution in [0.3, 0.4) is 0 Å². The van der Waals surface area contributed by atoms with Gasteiger partial charge in [-0.2, -0.15) is 0 Å². The number of nitrogens with one attached hydrogen (secondary N) is 3. The molecular formula is C26H36N4O3S. The molecule has 8 heteroatoms. The van der Waals surface area contributed by atoms with Gasteiger partial charge in [0.15, 0.2) is 5.96 Å². The zero-order valence-electron chi connectivity index (χ0n) is 20.5. The van der Waals surface area contributed by atoms with E-state index < -0.39 is 15.6 Å². The van der Waals surface area contributed by atoms with Gasteiger partial charge in [-0.1, -0.05) is 63.9 Å². The average Bonchev–Trinajstić information content (AvgIpc) is 2.97. The second-order valence-electron chi connectivity index (χ2n) is 9.66. The minimum atomic E-state index is -3.80. The Morgan fingerprint density at radius 1 is 1.09 bits per heavy atom. The number of aryl methyl sites for hydroxylation is 1. The molecule has 0 aliphatic carbocycles. The molecular weight excluding hydrogens is 448 g/mol. The van der Waals surface area contributed by atoms with Crippen LogP contribution < -0.4 is 10.0 Å². The standard InChI is InChI=1S/C26H36N4O3S/c1-5-6-7-10-20-13-15-22(16-14-20)34(32,33)29-23-12-9-8-11-21(23)18-30-24(31)26(4,17-19(2)3)28-25(30)27/h8-9,11-16,19,29H,5-7,10,17-18H2,1-4H3,(H2,27,28). The number of hydrogen-bond acceptors (Lipinski definition) is 4. The maximum absolute atomic E-state index is 13.1. The van der Waals surface area contributed by atoms with Gasteiger partial charge in [0.1, 0.15) is 5.54 Å². The topological polar surface area (TPSA) is 102 Å². The molecule has 0 aromatic heterocycles. The minimum Gasteiger partial charge on any atom is -0.342 e. The molecule has 2 aromatic carbocycles. The van der Waals surface area contributed by atoms with Crippen molar-refractivity contribution in [3.8, 4) is 0 Å². The Bertz CT molecular complexity index is 1130. The van der Waals surface area contributed by atoms with E-state index >= 15 is 0 Å². The predicted molar refractivity (Wildman–Crippen MR) is 136 cm³/mol. The largest absolute Gasteiger partial charge is 0.342 e. The summed E-state index contributed by atoms with van der Waals surface area (Å²) in [5.41, 5.74) is 1.30. The summed E-state index contributed by atoms with van der Waals surface area (Å²) < 4.78 is 28.8. The molecule has 184 valence electrons. The Kier molecular flexibility index (Phi) is 8.02. The lowest BCUT2D eigenvalue weighted by molar-refractivity contribution is -0.131. The first-order chi connectivity index (χ1) is 16.1. The van der Waals surface area contributed by atoms with Crippen molar-refractivity contribution >= 4 is 27.6 Å². The molecule has 1 heterocycles. The van der Waals surface area contributed by atoms with Gasteiger partial charge in [-0.25, -0.2) is 8.42 Å². The van der Waals surface area contributed by atoms with Crippen molar-refractivity contribution in [3.63, 3.8) is 0 Å². The number of amides is 1. The molecule has 0 bridgehead atoms. The molecule has 0 saturated carbocycles. The first-order valence-electron chi connectivity index (χ1n) is 11.9. The number of unbranched alkanes of at least 4 members (excludes halogenated alkanes) is 2. The van der Waals surface area contributed by atoms with E-state index in [0.29, 0.717) is 17.7 Å². The van der Waals surface area contributed by atoms with Crippen LogP contribution in [0.5, 0.6) is 0 Å². The Hall–Kier alpha value is -2.87. The van der Waals surface area contributed by atoms with Gasteiger partial charge >= 0.3 is 0 Å². The van der Waals surface area contributed by atoms with Gasteiger partial charge in [0, 0.05) is 0 Å². The number of carbonyl (C=O) groups is 1. The summed E-state index contributed by atoms with van der Waals surface area (Å²) >= 11 is 0. The van der Waals surface area contributed by atoms with Crippen molar-refractivity contribution in [1.82, 2.24) is 10.2 Å². The van der Waals surface area contributed by atoms with Crippen LogP contribution >= 0.6 is 0 Å². The molecule has 7 nitrogen and oxygen atoms in total. The van der Waals surface area contributed by atoms with Gasteiger partial charge in [0.05, 0.1) is 17.1 Å². The molecule has 0 radical (unpaired) electrons. The van der Waals surface area contributed by atoms with E-state index in [4.69, 9.17) is 5.41 Å². The highest BCUT2D eigenvalue weighted by Crippen LogP contribution is 2.28. The summed E-state index contributed by atoms with van der Waals surface area (Å²) in [7, 11) is -3.80. The van der Waals surface area contributed by atoms with Crippen molar-refractivity contribution in [1.29, 1.82) is 5.41 Å². The van der Waals surface area contributed by atoms with Crippen LogP contribution in [0.25, 0.3) is 0 Å². The minimum absolute atomic E-state index is 0.0319. The lowest BCUT2D eigenvalue weighted by Crippen LogP contribution is -2.45. The molecule has 1 fully saturated rings. The number of para-hydroxylation sites is 1. The van der Waals surface area contributed by atoms with Crippen LogP contribution in [0, 0.1) is 11.3 Å². The van der Waals surface area contributed by atoms with E-state index in [2.05, 4.69) is 17.0 Å². The number of sulfonamides is 1. The van der Waals surface area contributed by atoms with Gasteiger partial charge in [-0.15, -0.1) is 0 Å². The summed E-state index contributed by atoms with van der Waals surface area (Å²) in [5, 5.41) is 11.3. The molecule has 1 amide bonds. The van der Waals surface area contributed by atoms with E-state index in [-0.39, 0.29) is 29.2 Å². The van der Waals surface area contributed by atoms with Gasteiger partial charge in [0.2, 0.25) is 0 Å². The van der Waals surface area contributed by atoms with Crippen molar-refractivity contribution in [2.24, 2.45) is 5.92 Å². The van der Waals surface area contributed by atoms with Crippen molar-refractivity contribution < 1.29 is 13.2 Å². The van der Waals surface area contributed by atoms with Crippen LogP contribution in [-0.4, -0.2) is 30.7 Å². The highest BCUT2D eigenvalue weighted by Gasteiger charge is 2.46. The van der Waals surface area contributed by atoms with E-state index in [1.54, 1.807) is 36.4 Å². The Morgan fingerprint density at radius 2 is 1.76 bits per heavy atom. The van der Waals surface area contributed by atoms with Crippen molar-refractivity contribution in [2.75, 3.05) is 4.72 Å². The third-order valence-corrected chi connectivity index (χ3v) is 7.47. The summed E-state index contributed by atoms with van der Waals surface area (Å²) in [6.07, 6.45) is 4.92. The quantitative estimate of drug-likeness (QED) is 0.395. The molecule has 1 atom stereocenters. The van der Waals surface area contributed by atoms with Gasteiger partial charge < -0.3 is 5.32 Å². The second kappa shape index (κ2) is 10.6. The Balaban J connectivity index is 1.77. The third-order valence-electron chi connectivity index (χ3n) is 6.09. The summed E-state index contributed by atoms with van der Waals surface area (Å²) in [6, 6.07) is 14.0. The fourth-order valence-electron chi connectivity index (χ4n) is 4.43. The maximum atomic E-state index is 13.1. The summed E-state index contributed by atoms with van der Waals surface area (Å²) in [4.78, 5) is 14.7. The summed E-state index contributed by atoms with van der Waals surface area (Å²) in [6.45, 7) is 8.14. The molecule has 1 unspecified atom stereocenters. The van der Waals surface area contributed by atoms with Crippen LogP contribution in [-0.2, 0) is 27.8 Å². The SMILES string of the molecule is CCCCCc1ccc(S(=O)(=O)Nc2ccccc2CN2C(=N)NC(C)(CC(C)C)C2=O)cc1. The molecule has 1 saturated heterocycles. The van der Waals surface area contributed by atoms with Crippen LogP contribution in [0.1, 0.15) is 64.5 Å². The van der Waals surface area contributed by atoms with Crippen LogP contribution in [0.4, 0.5) is 5.69 Å². The first kappa shape index (κ1) is 25.7. The Labute approximate surface area is 203 Å². The predicted octanol–water partition coefficient (Wildman–Crippen LogP) is 4.89. The molecule has 34 heavy (non-hydrogen) atoms. The fourth-order valence-corrected chi connectivity index (χ4v) is 5.53. The van der Waals surface area contributed by atoms with E-state index in [9.17, 15) is 13.2 Å². The molecule has 2 aromatic rings. The van der Waals surface area contributed by atoms with Crippen molar-refractivity contribution in [3.05, 3.63) is 59.7 Å². The monoisotopic (exact) mass is 484 g/mol. The summed E-state index contributed by atoms with van der Waals surface area (Å²) in [5.74, 6) is 0.137. The van der Waals surface area contributed by atoms with Gasteiger partial charge in [-0.05, 0) is 61.4 Å². The molecule has 1 aliphatic heterocycles. The third kappa shape index (κ3) is 5.97. The molecule has 3 rings (SSSR count). The number of anilines is 1. The van der Waals surface area contributed by atoms with E-state index in [1.165, 1.54) is 4.90 Å². The normalized spacial score (nSPS) is 18.4. The fraction of sp³-hybridized carbons (Fsp3) is 0.462. The zero-order valence-corrected chi connectivity index (χ0v) is 21.3. The Morgan fingerprint density at radius 3 is 2.41 bits per heavy atom. The molecule has 3 N–H and O–H groups in total. The highest BCUT2D eigenvalue weighted by molar-refractivity contribution is 7.92. The first-order valence-corrected chi connectivity index (χ1v) is 13.4. The number of nitrogens with zero attached hydrogens (tertiary/aromatic N) is 1. The smallest absolute Gasteiger partial charge is 0.261 e. The number of carbonyl (C=O) groups excluding carboxylic acids is 1. The van der Waals surface area contributed by atoms with Crippen LogP contribution in [0.2, 0.25) is 0 Å².